The monoisotopic (exact) mass is 554 g/mol. The van der Waals surface area contributed by atoms with Crippen molar-refractivity contribution in [3.63, 3.8) is 0 Å². The van der Waals surface area contributed by atoms with Gasteiger partial charge in [0.15, 0.2) is 12.0 Å². The van der Waals surface area contributed by atoms with Gasteiger partial charge in [0.2, 0.25) is 5.88 Å². The molecule has 9 nitrogen and oxygen atoms in total. The van der Waals surface area contributed by atoms with E-state index in [-0.39, 0.29) is 18.8 Å². The molecular formula is C26H27BrN4O5. The number of pyridine rings is 1. The van der Waals surface area contributed by atoms with E-state index in [4.69, 9.17) is 23.7 Å². The predicted molar refractivity (Wildman–Crippen MR) is 136 cm³/mol. The van der Waals surface area contributed by atoms with Gasteiger partial charge in [-0.05, 0) is 67.9 Å². The summed E-state index contributed by atoms with van der Waals surface area (Å²) in [5, 5.41) is 1.84. The van der Waals surface area contributed by atoms with Crippen molar-refractivity contribution < 1.29 is 23.7 Å². The second-order valence-corrected chi connectivity index (χ2v) is 10.7. The number of methoxy groups -OCH3 is 1. The minimum Gasteiger partial charge on any atom is -0.490 e. The van der Waals surface area contributed by atoms with E-state index in [9.17, 15) is 0 Å². The third kappa shape index (κ3) is 3.83. The lowest BCUT2D eigenvalue weighted by Gasteiger charge is -2.31. The van der Waals surface area contributed by atoms with Crippen molar-refractivity contribution in [1.29, 1.82) is 0 Å². The van der Waals surface area contributed by atoms with Crippen LogP contribution >= 0.6 is 15.9 Å². The van der Waals surface area contributed by atoms with Crippen molar-refractivity contribution in [2.45, 2.75) is 57.5 Å². The molecule has 0 aliphatic carbocycles. The molecule has 5 heterocycles. The second-order valence-electron chi connectivity index (χ2n) is 9.88. The molecule has 0 spiro atoms. The smallest absolute Gasteiger partial charge is 0.225 e. The van der Waals surface area contributed by atoms with E-state index in [1.54, 1.807) is 7.11 Å². The van der Waals surface area contributed by atoms with E-state index in [1.807, 2.05) is 62.7 Å². The summed E-state index contributed by atoms with van der Waals surface area (Å²) in [6, 6.07) is 9.87. The third-order valence-electron chi connectivity index (χ3n) is 6.79. The molecule has 0 bridgehead atoms. The van der Waals surface area contributed by atoms with Crippen molar-refractivity contribution in [2.75, 3.05) is 13.7 Å². The maximum absolute atomic E-state index is 6.64. The normalized spacial score (nSPS) is 27.0. The third-order valence-corrected chi connectivity index (χ3v) is 7.59. The molecule has 36 heavy (non-hydrogen) atoms. The zero-order valence-corrected chi connectivity index (χ0v) is 22.3. The van der Waals surface area contributed by atoms with Crippen molar-refractivity contribution >= 4 is 37.9 Å². The molecule has 4 atom stereocenters. The Bertz CT molecular complexity index is 1470. The Morgan fingerprint density at radius 1 is 1.08 bits per heavy atom. The largest absolute Gasteiger partial charge is 0.490 e. The average molecular weight is 555 g/mol. The lowest BCUT2D eigenvalue weighted by atomic mass is 9.98. The Morgan fingerprint density at radius 3 is 2.72 bits per heavy atom. The number of aromatic nitrogens is 4. The number of ether oxygens (including phenoxy) is 5. The maximum atomic E-state index is 6.64. The topological polar surface area (TPSA) is 89.8 Å². The van der Waals surface area contributed by atoms with Crippen molar-refractivity contribution in [1.82, 2.24) is 19.5 Å². The summed E-state index contributed by atoms with van der Waals surface area (Å²) < 4.78 is 33.9. The molecule has 2 saturated heterocycles. The van der Waals surface area contributed by atoms with Crippen LogP contribution in [0.2, 0.25) is 0 Å². The summed E-state index contributed by atoms with van der Waals surface area (Å²) in [6.07, 6.45) is 2.22. The molecule has 4 aromatic rings. The first-order valence-electron chi connectivity index (χ1n) is 11.8. The summed E-state index contributed by atoms with van der Waals surface area (Å²) in [6.45, 7) is 8.06. The first-order chi connectivity index (χ1) is 17.2. The molecule has 0 N–H and O–H groups in total. The van der Waals surface area contributed by atoms with Crippen LogP contribution < -0.4 is 9.47 Å². The van der Waals surface area contributed by atoms with Crippen LogP contribution in [0.25, 0.3) is 21.9 Å². The fourth-order valence-electron chi connectivity index (χ4n) is 5.06. The number of hydrogen-bond donors (Lipinski definition) is 0. The van der Waals surface area contributed by atoms with E-state index in [0.29, 0.717) is 17.3 Å². The Labute approximate surface area is 216 Å². The summed E-state index contributed by atoms with van der Waals surface area (Å²) in [4.78, 5) is 13.4. The van der Waals surface area contributed by atoms with Crippen molar-refractivity contribution in [3.8, 4) is 11.6 Å². The van der Waals surface area contributed by atoms with Gasteiger partial charge in [-0.25, -0.2) is 9.97 Å². The predicted octanol–water partition coefficient (Wildman–Crippen LogP) is 4.95. The number of halogens is 1. The summed E-state index contributed by atoms with van der Waals surface area (Å²) in [5.41, 5.74) is 1.71. The molecule has 10 heteroatoms. The Hall–Kier alpha value is -2.79. The molecule has 0 saturated carbocycles. The fraction of sp³-hybridized carbons (Fsp3) is 0.423. The van der Waals surface area contributed by atoms with Crippen LogP contribution in [0.15, 0.2) is 47.3 Å². The van der Waals surface area contributed by atoms with Gasteiger partial charge in [-0.15, -0.1) is 0 Å². The number of fused-ring (bicyclic) bond motifs is 3. The van der Waals surface area contributed by atoms with Gasteiger partial charge in [-0.3, -0.25) is 4.98 Å². The highest BCUT2D eigenvalue weighted by Gasteiger charge is 2.62. The van der Waals surface area contributed by atoms with Crippen LogP contribution in [0.4, 0.5) is 0 Å². The van der Waals surface area contributed by atoms with Crippen LogP contribution in [0, 0.1) is 6.92 Å². The molecule has 0 amide bonds. The van der Waals surface area contributed by atoms with E-state index < -0.39 is 17.6 Å². The first-order valence-corrected chi connectivity index (χ1v) is 12.6. The second kappa shape index (κ2) is 8.37. The van der Waals surface area contributed by atoms with Crippen LogP contribution in [0.1, 0.15) is 32.7 Å². The van der Waals surface area contributed by atoms with Gasteiger partial charge in [-0.1, -0.05) is 0 Å². The van der Waals surface area contributed by atoms with Crippen molar-refractivity contribution in [3.05, 3.63) is 53.0 Å². The molecule has 1 aromatic carbocycles. The fourth-order valence-corrected chi connectivity index (χ4v) is 5.40. The van der Waals surface area contributed by atoms with Crippen LogP contribution in [-0.4, -0.2) is 56.8 Å². The van der Waals surface area contributed by atoms with Gasteiger partial charge in [0.1, 0.15) is 42.1 Å². The molecule has 188 valence electrons. The minimum absolute atomic E-state index is 0.266. The van der Waals surface area contributed by atoms with Gasteiger partial charge in [0.25, 0.3) is 0 Å². The molecule has 2 fully saturated rings. The van der Waals surface area contributed by atoms with E-state index in [0.717, 1.165) is 26.5 Å². The Kier molecular flexibility index (Phi) is 5.49. The Morgan fingerprint density at radius 2 is 1.92 bits per heavy atom. The molecule has 0 unspecified atom stereocenters. The van der Waals surface area contributed by atoms with E-state index >= 15 is 0 Å². The lowest BCUT2D eigenvalue weighted by Crippen LogP contribution is -2.45. The summed E-state index contributed by atoms with van der Waals surface area (Å²) in [7, 11) is 1.59. The number of nitrogens with zero attached hydrogens (tertiary/aromatic N) is 4. The standard InChI is InChI=1S/C26H27BrN4O5/c1-14-18(27)10-15-6-7-16(11-19(15)30-14)33-12-26(4)21-20(34-25(2,3)35-21)24(36-26)31-9-8-17-22(31)28-13-29-23(17)32-5/h6-11,13,20-21,24H,12H2,1-5H3/t20-,21+,24-,26+/m1/s1. The first kappa shape index (κ1) is 23.6. The minimum atomic E-state index is -0.783. The quantitative estimate of drug-likeness (QED) is 0.342. The molecule has 6 rings (SSSR count). The molecular weight excluding hydrogens is 528 g/mol. The van der Waals surface area contributed by atoms with Crippen LogP contribution in [0.5, 0.6) is 11.6 Å². The molecule has 2 aliphatic rings. The van der Waals surface area contributed by atoms with Gasteiger partial charge >= 0.3 is 0 Å². The SMILES string of the molecule is COc1ncnc2c1ccn2[C@@H]1O[C@@](C)(COc2ccc3cc(Br)c(C)nc3c2)[C@H]2OC(C)(C)O[C@@H]12. The van der Waals surface area contributed by atoms with Gasteiger partial charge in [0.05, 0.1) is 23.7 Å². The summed E-state index contributed by atoms with van der Waals surface area (Å²) >= 11 is 3.54. The zero-order valence-electron chi connectivity index (χ0n) is 20.7. The Balaban J connectivity index is 1.31. The van der Waals surface area contributed by atoms with Gasteiger partial charge < -0.3 is 28.3 Å². The number of aryl methyl sites for hydroxylation is 1. The van der Waals surface area contributed by atoms with Gasteiger partial charge in [-0.2, -0.15) is 0 Å². The van der Waals surface area contributed by atoms with Crippen LogP contribution in [-0.2, 0) is 14.2 Å². The number of benzene rings is 1. The summed E-state index contributed by atoms with van der Waals surface area (Å²) in [5.74, 6) is 0.463. The highest BCUT2D eigenvalue weighted by Crippen LogP contribution is 2.49. The van der Waals surface area contributed by atoms with E-state index in [2.05, 4.69) is 36.9 Å². The number of rotatable bonds is 5. The highest BCUT2D eigenvalue weighted by molar-refractivity contribution is 9.10. The average Bonchev–Trinajstić information content (AvgIpc) is 3.49. The maximum Gasteiger partial charge on any atom is 0.225 e. The molecule has 0 radical (unpaired) electrons. The lowest BCUT2D eigenvalue weighted by molar-refractivity contribution is -0.220. The zero-order chi connectivity index (χ0) is 25.2. The van der Waals surface area contributed by atoms with Gasteiger partial charge in [0, 0.05) is 22.1 Å². The molecule has 3 aromatic heterocycles. The number of hydrogen-bond acceptors (Lipinski definition) is 8. The highest BCUT2D eigenvalue weighted by atomic mass is 79.9. The van der Waals surface area contributed by atoms with Crippen LogP contribution in [0.3, 0.4) is 0 Å². The van der Waals surface area contributed by atoms with E-state index in [1.165, 1.54) is 6.33 Å². The van der Waals surface area contributed by atoms with Crippen molar-refractivity contribution in [2.24, 2.45) is 0 Å². The molecule has 2 aliphatic heterocycles.